The van der Waals surface area contributed by atoms with Crippen molar-refractivity contribution in [1.82, 2.24) is 0 Å². The van der Waals surface area contributed by atoms with Crippen LogP contribution >= 0.6 is 0 Å². The maximum absolute atomic E-state index is 8.60. The topological polar surface area (TPSA) is 68.3 Å². The summed E-state index contributed by atoms with van der Waals surface area (Å²) in [6.45, 7) is 0. The third kappa shape index (κ3) is 3.39. The molecule has 0 radical (unpaired) electrons. The van der Waals surface area contributed by atoms with Crippen LogP contribution in [0, 0.1) is 11.3 Å². The minimum atomic E-state index is 0.395. The highest BCUT2D eigenvalue weighted by molar-refractivity contribution is 5.51. The Morgan fingerprint density at radius 2 is 1.74 bits per heavy atom. The van der Waals surface area contributed by atoms with Gasteiger partial charge in [0.05, 0.1) is 19.6 Å². The van der Waals surface area contributed by atoms with Crippen LogP contribution in [0.1, 0.15) is 5.56 Å². The van der Waals surface area contributed by atoms with E-state index in [4.69, 9.17) is 20.5 Å². The van der Waals surface area contributed by atoms with E-state index >= 15 is 0 Å². The zero-order valence-electron chi connectivity index (χ0n) is 10.6. The van der Waals surface area contributed by atoms with Gasteiger partial charge in [-0.25, -0.2) is 0 Å². The van der Waals surface area contributed by atoms with Crippen molar-refractivity contribution in [2.75, 3.05) is 12.8 Å². The molecule has 0 aliphatic rings. The number of rotatable bonds is 4. The summed E-state index contributed by atoms with van der Waals surface area (Å²) in [7, 11) is 1.58. The molecule has 0 saturated carbocycles. The molecule has 0 atom stereocenters. The van der Waals surface area contributed by atoms with Crippen LogP contribution in [0.5, 0.6) is 17.2 Å². The number of hydrogen-bond donors (Lipinski definition) is 1. The van der Waals surface area contributed by atoms with Crippen molar-refractivity contribution < 1.29 is 9.47 Å². The molecule has 0 bridgehead atoms. The maximum Gasteiger partial charge on any atom is 0.133 e. The van der Waals surface area contributed by atoms with E-state index in [0.29, 0.717) is 29.4 Å². The summed E-state index contributed by atoms with van der Waals surface area (Å²) in [6, 6.07) is 14.7. The smallest absolute Gasteiger partial charge is 0.133 e. The maximum atomic E-state index is 8.60. The van der Waals surface area contributed by atoms with Gasteiger partial charge in [-0.1, -0.05) is 12.1 Å². The third-order valence-corrected chi connectivity index (χ3v) is 2.58. The normalized spacial score (nSPS) is 9.68. The predicted molar refractivity (Wildman–Crippen MR) is 73.2 cm³/mol. The van der Waals surface area contributed by atoms with E-state index in [-0.39, 0.29) is 0 Å². The van der Waals surface area contributed by atoms with Crippen LogP contribution in [-0.4, -0.2) is 7.11 Å². The molecule has 4 heteroatoms. The Hall–Kier alpha value is -2.67. The molecular weight excluding hydrogens is 240 g/mol. The lowest BCUT2D eigenvalue weighted by Crippen LogP contribution is -1.91. The fourth-order valence-corrected chi connectivity index (χ4v) is 1.67. The van der Waals surface area contributed by atoms with Gasteiger partial charge in [0.15, 0.2) is 0 Å². The molecule has 0 heterocycles. The van der Waals surface area contributed by atoms with Crippen LogP contribution in [0.3, 0.4) is 0 Å². The molecule has 2 rings (SSSR count). The standard InChI is InChI=1S/C15H14N2O2/c1-18-14-8-12(17)9-15(10-14)19-13-4-2-11(3-5-13)6-7-16/h2-5,8-10H,6,17H2,1H3. The summed E-state index contributed by atoms with van der Waals surface area (Å²) < 4.78 is 10.8. The first-order valence-electron chi connectivity index (χ1n) is 5.79. The van der Waals surface area contributed by atoms with E-state index in [1.54, 1.807) is 25.3 Å². The van der Waals surface area contributed by atoms with Crippen LogP contribution in [0.2, 0.25) is 0 Å². The molecule has 0 fully saturated rings. The SMILES string of the molecule is COc1cc(N)cc(Oc2ccc(CC#N)cc2)c1. The molecule has 0 aliphatic heterocycles. The molecular formula is C15H14N2O2. The largest absolute Gasteiger partial charge is 0.497 e. The van der Waals surface area contributed by atoms with E-state index in [9.17, 15) is 0 Å². The van der Waals surface area contributed by atoms with E-state index in [2.05, 4.69) is 6.07 Å². The molecule has 0 unspecified atom stereocenters. The van der Waals surface area contributed by atoms with Crippen molar-refractivity contribution in [2.24, 2.45) is 0 Å². The molecule has 0 spiro atoms. The second-order valence-corrected chi connectivity index (χ2v) is 4.02. The van der Waals surface area contributed by atoms with Crippen molar-refractivity contribution in [1.29, 1.82) is 5.26 Å². The Balaban J connectivity index is 2.16. The van der Waals surface area contributed by atoms with Gasteiger partial charge in [-0.15, -0.1) is 0 Å². The highest BCUT2D eigenvalue weighted by Crippen LogP contribution is 2.28. The average Bonchev–Trinajstić information content (AvgIpc) is 2.40. The molecule has 0 saturated heterocycles. The Bertz CT molecular complexity index is 601. The third-order valence-electron chi connectivity index (χ3n) is 2.58. The van der Waals surface area contributed by atoms with Crippen molar-refractivity contribution in [3.05, 3.63) is 48.0 Å². The van der Waals surface area contributed by atoms with Gasteiger partial charge in [0.25, 0.3) is 0 Å². The van der Waals surface area contributed by atoms with Gasteiger partial charge >= 0.3 is 0 Å². The summed E-state index contributed by atoms with van der Waals surface area (Å²) >= 11 is 0. The zero-order chi connectivity index (χ0) is 13.7. The highest BCUT2D eigenvalue weighted by atomic mass is 16.5. The molecule has 2 aromatic carbocycles. The molecule has 19 heavy (non-hydrogen) atoms. The minimum Gasteiger partial charge on any atom is -0.497 e. The van der Waals surface area contributed by atoms with E-state index in [1.807, 2.05) is 24.3 Å². The Morgan fingerprint density at radius 1 is 1.05 bits per heavy atom. The summed E-state index contributed by atoms with van der Waals surface area (Å²) in [5.41, 5.74) is 7.29. The fraction of sp³-hybridized carbons (Fsp3) is 0.133. The van der Waals surface area contributed by atoms with Gasteiger partial charge in [-0.2, -0.15) is 5.26 Å². The second kappa shape index (κ2) is 5.78. The van der Waals surface area contributed by atoms with Crippen molar-refractivity contribution in [3.63, 3.8) is 0 Å². The van der Waals surface area contributed by atoms with E-state index in [1.165, 1.54) is 0 Å². The number of nitriles is 1. The van der Waals surface area contributed by atoms with Crippen LogP contribution in [0.25, 0.3) is 0 Å². The van der Waals surface area contributed by atoms with Crippen molar-refractivity contribution in [3.8, 4) is 23.3 Å². The monoisotopic (exact) mass is 254 g/mol. The molecule has 0 amide bonds. The number of hydrogen-bond acceptors (Lipinski definition) is 4. The first-order valence-corrected chi connectivity index (χ1v) is 5.79. The fourth-order valence-electron chi connectivity index (χ4n) is 1.67. The number of benzene rings is 2. The van der Waals surface area contributed by atoms with Gasteiger partial charge in [0.1, 0.15) is 17.2 Å². The van der Waals surface area contributed by atoms with Gasteiger partial charge < -0.3 is 15.2 Å². The quantitative estimate of drug-likeness (QED) is 0.851. The molecule has 0 aliphatic carbocycles. The van der Waals surface area contributed by atoms with Gasteiger partial charge in [-0.3, -0.25) is 0 Å². The molecule has 2 aromatic rings. The van der Waals surface area contributed by atoms with Crippen LogP contribution < -0.4 is 15.2 Å². The van der Waals surface area contributed by atoms with Crippen molar-refractivity contribution >= 4 is 5.69 Å². The summed E-state index contributed by atoms with van der Waals surface area (Å²) in [5.74, 6) is 1.95. The highest BCUT2D eigenvalue weighted by Gasteiger charge is 2.02. The van der Waals surface area contributed by atoms with Gasteiger partial charge in [-0.05, 0) is 17.7 Å². The lowest BCUT2D eigenvalue weighted by molar-refractivity contribution is 0.409. The summed E-state index contributed by atoms with van der Waals surface area (Å²) in [4.78, 5) is 0. The minimum absolute atomic E-state index is 0.395. The average molecular weight is 254 g/mol. The van der Waals surface area contributed by atoms with E-state index in [0.717, 1.165) is 5.56 Å². The number of anilines is 1. The molecule has 0 aromatic heterocycles. The number of ether oxygens (including phenoxy) is 2. The summed E-state index contributed by atoms with van der Waals surface area (Å²) in [6.07, 6.45) is 0.395. The predicted octanol–water partition coefficient (Wildman–Crippen LogP) is 3.14. The lowest BCUT2D eigenvalue weighted by atomic mass is 10.2. The van der Waals surface area contributed by atoms with Gasteiger partial charge in [0, 0.05) is 23.9 Å². The number of methoxy groups -OCH3 is 1. The Morgan fingerprint density at radius 3 is 2.37 bits per heavy atom. The van der Waals surface area contributed by atoms with E-state index < -0.39 is 0 Å². The Labute approximate surface area is 112 Å². The first kappa shape index (κ1) is 12.8. The van der Waals surface area contributed by atoms with Gasteiger partial charge in [0.2, 0.25) is 0 Å². The zero-order valence-corrected chi connectivity index (χ0v) is 10.6. The first-order chi connectivity index (χ1) is 9.21. The number of nitrogens with zero attached hydrogens (tertiary/aromatic N) is 1. The summed E-state index contributed by atoms with van der Waals surface area (Å²) in [5, 5.41) is 8.60. The lowest BCUT2D eigenvalue weighted by Gasteiger charge is -2.09. The van der Waals surface area contributed by atoms with Crippen LogP contribution in [-0.2, 0) is 6.42 Å². The number of nitrogens with two attached hydrogens (primary N) is 1. The van der Waals surface area contributed by atoms with Crippen LogP contribution in [0.15, 0.2) is 42.5 Å². The molecule has 96 valence electrons. The number of nitrogen functional groups attached to an aromatic ring is 1. The van der Waals surface area contributed by atoms with Crippen LogP contribution in [0.4, 0.5) is 5.69 Å². The second-order valence-electron chi connectivity index (χ2n) is 4.02. The van der Waals surface area contributed by atoms with Crippen molar-refractivity contribution in [2.45, 2.75) is 6.42 Å². The molecule has 2 N–H and O–H groups in total. The molecule has 4 nitrogen and oxygen atoms in total. The Kier molecular flexibility index (Phi) is 3.89.